The lowest BCUT2D eigenvalue weighted by molar-refractivity contribution is 1.11. The van der Waals surface area contributed by atoms with E-state index in [2.05, 4.69) is 9.98 Å². The van der Waals surface area contributed by atoms with Crippen LogP contribution in [0.15, 0.2) is 34.5 Å². The van der Waals surface area contributed by atoms with Crippen LogP contribution in [-0.2, 0) is 0 Å². The van der Waals surface area contributed by atoms with Crippen LogP contribution in [0.25, 0.3) is 0 Å². The maximum atomic E-state index is 4.05. The largest absolute Gasteiger partial charge is 0.269 e. The van der Waals surface area contributed by atoms with Crippen LogP contribution >= 0.6 is 0 Å². The van der Waals surface area contributed by atoms with Gasteiger partial charge in [0.2, 0.25) is 0 Å². The number of nitrogens with zero attached hydrogens (tertiary/aromatic N) is 2. The summed E-state index contributed by atoms with van der Waals surface area (Å²) < 4.78 is 0. The van der Waals surface area contributed by atoms with Crippen molar-refractivity contribution < 1.29 is 0 Å². The molecule has 0 heterocycles. The molecule has 0 atom stereocenters. The average Bonchev–Trinajstić information content (AvgIpc) is 2.06. The molecule has 0 rings (SSSR count). The minimum Gasteiger partial charge on any atom is -0.269 e. The van der Waals surface area contributed by atoms with Crippen molar-refractivity contribution in [2.75, 3.05) is 0 Å². The highest BCUT2D eigenvalue weighted by atomic mass is 14.7. The Kier molecular flexibility index (Phi) is 7.14. The van der Waals surface area contributed by atoms with Gasteiger partial charge in [0.1, 0.15) is 0 Å². The minimum atomic E-state index is 0.289. The Labute approximate surface area is 74.4 Å². The number of hydrogen-bond donors (Lipinski definition) is 0. The van der Waals surface area contributed by atoms with Crippen LogP contribution in [-0.4, -0.2) is 12.4 Å². The fourth-order valence-corrected chi connectivity index (χ4v) is 0.582. The number of hydrogen-bond acceptors (Lipinski definition) is 2. The molecule has 0 saturated carbocycles. The van der Waals surface area contributed by atoms with Crippen LogP contribution < -0.4 is 0 Å². The van der Waals surface area contributed by atoms with Crippen LogP contribution in [0.2, 0.25) is 0 Å². The first-order valence-corrected chi connectivity index (χ1v) is 4.10. The first-order chi connectivity index (χ1) is 5.81. The van der Waals surface area contributed by atoms with Gasteiger partial charge in [-0.1, -0.05) is 19.1 Å². The molecule has 0 fully saturated rings. The molecule has 0 bridgehead atoms. The molecule has 0 unspecified atom stereocenters. The first-order valence-electron chi connectivity index (χ1n) is 4.10. The second kappa shape index (κ2) is 7.92. The second-order valence-corrected chi connectivity index (χ2v) is 2.42. The van der Waals surface area contributed by atoms with Crippen molar-refractivity contribution >= 4 is 12.4 Å². The van der Waals surface area contributed by atoms with Gasteiger partial charge in [0.05, 0.1) is 0 Å². The van der Waals surface area contributed by atoms with Crippen LogP contribution in [0.1, 0.15) is 20.8 Å². The molecule has 0 spiro atoms. The molecule has 0 aromatic rings. The lowest BCUT2D eigenvalue weighted by Gasteiger charge is -1.91. The number of aliphatic imine (C=N–C) groups is 2. The Bertz CT molecular complexity index is 178. The Hall–Kier alpha value is -1.18. The summed E-state index contributed by atoms with van der Waals surface area (Å²) in [6, 6.07) is 0. The molecule has 0 radical (unpaired) electrons. The van der Waals surface area contributed by atoms with Crippen LogP contribution in [0.3, 0.4) is 0 Å². The fourth-order valence-electron chi connectivity index (χ4n) is 0.582. The van der Waals surface area contributed by atoms with E-state index in [9.17, 15) is 0 Å². The molecule has 0 aromatic carbocycles. The van der Waals surface area contributed by atoms with Gasteiger partial charge in [0.25, 0.3) is 0 Å². The Balaban J connectivity index is 3.79. The zero-order valence-corrected chi connectivity index (χ0v) is 7.94. The highest BCUT2D eigenvalue weighted by Crippen LogP contribution is 1.87. The molecule has 0 aliphatic carbocycles. The summed E-state index contributed by atoms with van der Waals surface area (Å²) in [4.78, 5) is 8.10. The predicted octanol–water partition coefficient (Wildman–Crippen LogP) is 2.83. The number of rotatable bonds is 4. The molecule has 2 nitrogen and oxygen atoms in total. The van der Waals surface area contributed by atoms with E-state index in [1.165, 1.54) is 0 Å². The normalized spacial score (nSPS) is 15.9. The van der Waals surface area contributed by atoms with Crippen molar-refractivity contribution in [3.63, 3.8) is 0 Å². The molecular formula is C10H16N2. The lowest BCUT2D eigenvalue weighted by Crippen LogP contribution is -1.95. The van der Waals surface area contributed by atoms with Gasteiger partial charge in [0, 0.05) is 30.7 Å². The molecule has 0 aromatic heterocycles. The second-order valence-electron chi connectivity index (χ2n) is 2.42. The molecule has 0 N–H and O–H groups in total. The molecule has 0 saturated heterocycles. The maximum Gasteiger partial charge on any atom is 0.0268 e. The maximum absolute atomic E-state index is 4.05. The van der Waals surface area contributed by atoms with E-state index in [0.29, 0.717) is 0 Å². The van der Waals surface area contributed by atoms with E-state index in [4.69, 9.17) is 0 Å². The van der Waals surface area contributed by atoms with Gasteiger partial charge in [0.15, 0.2) is 0 Å². The van der Waals surface area contributed by atoms with Gasteiger partial charge in [-0.2, -0.15) is 0 Å². The van der Waals surface area contributed by atoms with Crippen LogP contribution in [0.4, 0.5) is 0 Å². The highest BCUT2D eigenvalue weighted by Gasteiger charge is 1.87. The smallest absolute Gasteiger partial charge is 0.0268 e. The summed E-state index contributed by atoms with van der Waals surface area (Å²) in [5.74, 6) is 0.289. The Morgan fingerprint density at radius 1 is 0.917 bits per heavy atom. The van der Waals surface area contributed by atoms with E-state index in [1.807, 2.05) is 45.4 Å². The van der Waals surface area contributed by atoms with Crippen LogP contribution in [0, 0.1) is 5.92 Å². The van der Waals surface area contributed by atoms with Crippen molar-refractivity contribution in [3.05, 3.63) is 24.6 Å². The summed E-state index contributed by atoms with van der Waals surface area (Å²) in [5.41, 5.74) is 0. The third-order valence-electron chi connectivity index (χ3n) is 1.11. The minimum absolute atomic E-state index is 0.289. The Morgan fingerprint density at radius 2 is 1.33 bits per heavy atom. The van der Waals surface area contributed by atoms with Gasteiger partial charge in [-0.25, -0.2) is 0 Å². The quantitative estimate of drug-likeness (QED) is 0.571. The summed E-state index contributed by atoms with van der Waals surface area (Å²) in [7, 11) is 0. The van der Waals surface area contributed by atoms with E-state index < -0.39 is 0 Å². The molecule has 12 heavy (non-hydrogen) atoms. The molecule has 0 aliphatic heterocycles. The van der Waals surface area contributed by atoms with Crippen molar-refractivity contribution in [1.82, 2.24) is 0 Å². The van der Waals surface area contributed by atoms with Gasteiger partial charge in [-0.3, -0.25) is 9.98 Å². The fraction of sp³-hybridized carbons (Fsp3) is 0.400. The van der Waals surface area contributed by atoms with Crippen molar-refractivity contribution in [3.8, 4) is 0 Å². The third kappa shape index (κ3) is 6.93. The predicted molar refractivity (Wildman–Crippen MR) is 55.8 cm³/mol. The van der Waals surface area contributed by atoms with Gasteiger partial charge in [-0.15, -0.1) is 0 Å². The third-order valence-corrected chi connectivity index (χ3v) is 1.11. The SMILES string of the molecule is C/C=C\N=CC(C)C=N/C=C\C. The zero-order chi connectivity index (χ0) is 9.23. The van der Waals surface area contributed by atoms with E-state index in [-0.39, 0.29) is 5.92 Å². The van der Waals surface area contributed by atoms with E-state index >= 15 is 0 Å². The Morgan fingerprint density at radius 3 is 1.67 bits per heavy atom. The highest BCUT2D eigenvalue weighted by molar-refractivity contribution is 5.83. The monoisotopic (exact) mass is 164 g/mol. The zero-order valence-electron chi connectivity index (χ0n) is 7.94. The standard InChI is InChI=1S/C10H16N2/c1-4-6-11-8-10(3)9-12-7-5-2/h4-10H,1-3H3/b6-4-,7-5-,11-8?,12-9?. The van der Waals surface area contributed by atoms with Crippen molar-refractivity contribution in [1.29, 1.82) is 0 Å². The van der Waals surface area contributed by atoms with Gasteiger partial charge < -0.3 is 0 Å². The van der Waals surface area contributed by atoms with E-state index in [1.54, 1.807) is 12.4 Å². The number of allylic oxidation sites excluding steroid dienone is 2. The molecule has 0 aliphatic rings. The summed E-state index contributed by atoms with van der Waals surface area (Å²) in [6.07, 6.45) is 11.0. The average molecular weight is 164 g/mol. The molecule has 66 valence electrons. The van der Waals surface area contributed by atoms with Crippen molar-refractivity contribution in [2.24, 2.45) is 15.9 Å². The lowest BCUT2D eigenvalue weighted by atomic mass is 10.2. The summed E-state index contributed by atoms with van der Waals surface area (Å²) in [5, 5.41) is 0. The first kappa shape index (κ1) is 10.8. The van der Waals surface area contributed by atoms with Gasteiger partial charge in [-0.05, 0) is 13.8 Å². The molecule has 0 amide bonds. The van der Waals surface area contributed by atoms with Crippen molar-refractivity contribution in [2.45, 2.75) is 20.8 Å². The molecular weight excluding hydrogens is 148 g/mol. The van der Waals surface area contributed by atoms with Crippen LogP contribution in [0.5, 0.6) is 0 Å². The topological polar surface area (TPSA) is 24.7 Å². The molecule has 2 heteroatoms. The van der Waals surface area contributed by atoms with E-state index in [0.717, 1.165) is 0 Å². The van der Waals surface area contributed by atoms with Gasteiger partial charge >= 0.3 is 0 Å². The summed E-state index contributed by atoms with van der Waals surface area (Å²) in [6.45, 7) is 5.92. The summed E-state index contributed by atoms with van der Waals surface area (Å²) >= 11 is 0.